The van der Waals surface area contributed by atoms with E-state index in [0.717, 1.165) is 22.8 Å². The summed E-state index contributed by atoms with van der Waals surface area (Å²) in [6.45, 7) is 1.52. The lowest BCUT2D eigenvalue weighted by Crippen LogP contribution is -2.08. The Morgan fingerprint density at radius 1 is 1.44 bits per heavy atom. The van der Waals surface area contributed by atoms with E-state index in [-0.39, 0.29) is 18.1 Å². The number of H-pyrrole nitrogens is 1. The molecule has 0 saturated carbocycles. The van der Waals surface area contributed by atoms with Crippen molar-refractivity contribution >= 4 is 23.0 Å². The topological polar surface area (TPSA) is 49.9 Å². The van der Waals surface area contributed by atoms with Crippen molar-refractivity contribution in [2.45, 2.75) is 19.3 Å². The van der Waals surface area contributed by atoms with Gasteiger partial charge in [0.1, 0.15) is 12.1 Å². The average molecular weight is 215 g/mol. The van der Waals surface area contributed by atoms with Gasteiger partial charge in [0.15, 0.2) is 0 Å². The molecule has 0 aliphatic heterocycles. The van der Waals surface area contributed by atoms with Gasteiger partial charge in [0.25, 0.3) is 0 Å². The fourth-order valence-electron chi connectivity index (χ4n) is 1.99. The Hall–Kier alpha value is -1.90. The molecule has 0 aliphatic rings. The van der Waals surface area contributed by atoms with Gasteiger partial charge in [-0.2, -0.15) is 0 Å². The molecule has 1 N–H and O–H groups in total. The highest BCUT2D eigenvalue weighted by molar-refractivity contribution is 5.93. The van der Waals surface area contributed by atoms with Crippen molar-refractivity contribution in [3.63, 3.8) is 0 Å². The Bertz CT molecular complexity index is 527. The molecule has 2 aromatic rings. The van der Waals surface area contributed by atoms with Gasteiger partial charge in [0.05, 0.1) is 5.92 Å². The number of hydrogen-bond acceptors (Lipinski definition) is 2. The van der Waals surface area contributed by atoms with Crippen LogP contribution in [0.4, 0.5) is 0 Å². The van der Waals surface area contributed by atoms with Crippen LogP contribution in [-0.4, -0.2) is 17.1 Å². The van der Waals surface area contributed by atoms with Gasteiger partial charge in [-0.1, -0.05) is 18.2 Å². The van der Waals surface area contributed by atoms with E-state index >= 15 is 0 Å². The third-order valence-corrected chi connectivity index (χ3v) is 2.82. The summed E-state index contributed by atoms with van der Waals surface area (Å²) in [5, 5.41) is 1.02. The predicted octanol–water partition coefficient (Wildman–Crippen LogP) is 2.43. The van der Waals surface area contributed by atoms with E-state index in [9.17, 15) is 9.59 Å². The molecule has 1 atom stereocenters. The largest absolute Gasteiger partial charge is 0.361 e. The van der Waals surface area contributed by atoms with Crippen LogP contribution in [0.1, 0.15) is 24.8 Å². The fourth-order valence-corrected chi connectivity index (χ4v) is 1.99. The second-order valence-electron chi connectivity index (χ2n) is 3.86. The van der Waals surface area contributed by atoms with Crippen molar-refractivity contribution in [2.75, 3.05) is 0 Å². The Labute approximate surface area is 93.5 Å². The van der Waals surface area contributed by atoms with Crippen molar-refractivity contribution in [2.24, 2.45) is 0 Å². The third kappa shape index (κ3) is 1.76. The fraction of sp³-hybridized carbons (Fsp3) is 0.231. The van der Waals surface area contributed by atoms with Crippen LogP contribution in [0.5, 0.6) is 0 Å². The summed E-state index contributed by atoms with van der Waals surface area (Å²) >= 11 is 0. The Kier molecular flexibility index (Phi) is 2.86. The number of aromatic nitrogens is 1. The first-order valence-electron chi connectivity index (χ1n) is 5.24. The highest BCUT2D eigenvalue weighted by atomic mass is 16.1. The van der Waals surface area contributed by atoms with Gasteiger partial charge in [0, 0.05) is 23.5 Å². The summed E-state index contributed by atoms with van der Waals surface area (Å²) in [5.74, 6) is -0.300. The molecule has 0 radical (unpaired) electrons. The molecule has 0 bridgehead atoms. The van der Waals surface area contributed by atoms with Crippen molar-refractivity contribution in [3.05, 3.63) is 36.0 Å². The van der Waals surface area contributed by atoms with Crippen LogP contribution >= 0.6 is 0 Å². The van der Waals surface area contributed by atoms with Gasteiger partial charge in [-0.3, -0.25) is 4.79 Å². The molecule has 1 heterocycles. The molecule has 16 heavy (non-hydrogen) atoms. The molecule has 0 spiro atoms. The third-order valence-electron chi connectivity index (χ3n) is 2.82. The average Bonchev–Trinajstić information content (AvgIpc) is 2.69. The molecule has 82 valence electrons. The van der Waals surface area contributed by atoms with Crippen LogP contribution in [0.15, 0.2) is 30.5 Å². The lowest BCUT2D eigenvalue weighted by molar-refractivity contribution is -0.120. The van der Waals surface area contributed by atoms with Crippen LogP contribution in [0, 0.1) is 0 Å². The van der Waals surface area contributed by atoms with Gasteiger partial charge in [-0.05, 0) is 18.6 Å². The molecule has 1 unspecified atom stereocenters. The van der Waals surface area contributed by atoms with E-state index in [4.69, 9.17) is 0 Å². The van der Waals surface area contributed by atoms with E-state index in [1.807, 2.05) is 30.5 Å². The van der Waals surface area contributed by atoms with E-state index in [2.05, 4.69) is 4.98 Å². The first-order chi connectivity index (χ1) is 7.74. The molecule has 3 heteroatoms. The number of Topliss-reactive ketones (excluding diaryl/α,β-unsaturated/α-hetero) is 1. The number of fused-ring (bicyclic) bond motifs is 1. The van der Waals surface area contributed by atoms with Crippen LogP contribution < -0.4 is 0 Å². The number of benzene rings is 1. The normalized spacial score (nSPS) is 12.6. The van der Waals surface area contributed by atoms with E-state index < -0.39 is 0 Å². The van der Waals surface area contributed by atoms with Gasteiger partial charge >= 0.3 is 0 Å². The number of rotatable bonds is 4. The highest BCUT2D eigenvalue weighted by Gasteiger charge is 2.19. The van der Waals surface area contributed by atoms with E-state index in [0.29, 0.717) is 0 Å². The van der Waals surface area contributed by atoms with Gasteiger partial charge in [0.2, 0.25) is 0 Å². The number of hydrogen-bond donors (Lipinski definition) is 1. The number of para-hydroxylation sites is 1. The molecule has 0 fully saturated rings. The zero-order valence-electron chi connectivity index (χ0n) is 9.07. The van der Waals surface area contributed by atoms with Crippen LogP contribution in [0.25, 0.3) is 10.9 Å². The van der Waals surface area contributed by atoms with Crippen LogP contribution in [-0.2, 0) is 9.59 Å². The number of carbonyl (C=O) groups excluding carboxylic acids is 2. The van der Waals surface area contributed by atoms with Crippen LogP contribution in [0.3, 0.4) is 0 Å². The Balaban J connectivity index is 2.52. The van der Waals surface area contributed by atoms with Crippen molar-refractivity contribution in [1.82, 2.24) is 4.98 Å². The molecule has 0 saturated heterocycles. The number of aldehydes is 1. The monoisotopic (exact) mass is 215 g/mol. The summed E-state index contributed by atoms with van der Waals surface area (Å²) in [6, 6.07) is 7.78. The molecular weight excluding hydrogens is 202 g/mol. The van der Waals surface area contributed by atoms with Gasteiger partial charge in [-0.25, -0.2) is 0 Å². The van der Waals surface area contributed by atoms with Crippen molar-refractivity contribution in [3.8, 4) is 0 Å². The van der Waals surface area contributed by atoms with Gasteiger partial charge < -0.3 is 9.78 Å². The van der Waals surface area contributed by atoms with Crippen molar-refractivity contribution < 1.29 is 9.59 Å². The lowest BCUT2D eigenvalue weighted by atomic mass is 9.92. The molecular formula is C13H13NO2. The first-order valence-corrected chi connectivity index (χ1v) is 5.24. The minimum atomic E-state index is -0.325. The molecule has 2 rings (SSSR count). The lowest BCUT2D eigenvalue weighted by Gasteiger charge is -2.08. The zero-order chi connectivity index (χ0) is 11.5. The Morgan fingerprint density at radius 2 is 2.19 bits per heavy atom. The summed E-state index contributed by atoms with van der Waals surface area (Å²) < 4.78 is 0. The number of aromatic amines is 1. The highest BCUT2D eigenvalue weighted by Crippen LogP contribution is 2.27. The van der Waals surface area contributed by atoms with Crippen molar-refractivity contribution in [1.29, 1.82) is 0 Å². The summed E-state index contributed by atoms with van der Waals surface area (Å²) in [6.07, 6.45) is 2.87. The number of carbonyl (C=O) groups is 2. The zero-order valence-corrected chi connectivity index (χ0v) is 9.07. The maximum absolute atomic E-state index is 11.5. The maximum atomic E-state index is 11.5. The van der Waals surface area contributed by atoms with E-state index in [1.54, 1.807) is 0 Å². The maximum Gasteiger partial charge on any atom is 0.137 e. The minimum Gasteiger partial charge on any atom is -0.361 e. The molecule has 0 amide bonds. The van der Waals surface area contributed by atoms with Gasteiger partial charge in [-0.15, -0.1) is 0 Å². The number of ketones is 1. The summed E-state index contributed by atoms with van der Waals surface area (Å²) in [7, 11) is 0. The summed E-state index contributed by atoms with van der Waals surface area (Å²) in [5.41, 5.74) is 1.91. The first kappa shape index (κ1) is 10.6. The molecule has 1 aromatic carbocycles. The quantitative estimate of drug-likeness (QED) is 0.796. The minimum absolute atomic E-state index is 0.0249. The standard InChI is InChI=1S/C13H13NO2/c1-9(16)10(6-7-15)12-8-14-13-5-3-2-4-11(12)13/h2-5,7-8,10,14H,6H2,1H3. The molecule has 0 aliphatic carbocycles. The Morgan fingerprint density at radius 3 is 2.88 bits per heavy atom. The summed E-state index contributed by atoms with van der Waals surface area (Å²) in [4.78, 5) is 25.2. The number of nitrogens with one attached hydrogen (secondary N) is 1. The van der Waals surface area contributed by atoms with Crippen LogP contribution in [0.2, 0.25) is 0 Å². The second-order valence-corrected chi connectivity index (χ2v) is 3.86. The SMILES string of the molecule is CC(=O)C(CC=O)c1c[nH]c2ccccc12. The molecule has 1 aromatic heterocycles. The smallest absolute Gasteiger partial charge is 0.137 e. The second kappa shape index (κ2) is 4.31. The predicted molar refractivity (Wildman–Crippen MR) is 62.4 cm³/mol. The van der Waals surface area contributed by atoms with E-state index in [1.165, 1.54) is 6.92 Å². The molecule has 3 nitrogen and oxygen atoms in total.